The summed E-state index contributed by atoms with van der Waals surface area (Å²) in [5.41, 5.74) is 4.72. The average Bonchev–Trinajstić information content (AvgIpc) is 3.00. The third-order valence-corrected chi connectivity index (χ3v) is 23.6. The van der Waals surface area contributed by atoms with Gasteiger partial charge in [0.05, 0.1) is 6.10 Å². The van der Waals surface area contributed by atoms with Gasteiger partial charge in [0.25, 0.3) is 8.32 Å². The maximum Gasteiger partial charge on any atom is 0.261 e. The minimum atomic E-state index is -2.69. The van der Waals surface area contributed by atoms with Crippen LogP contribution in [0.15, 0.2) is 84.0 Å². The Hall–Kier alpha value is -1.25. The second-order valence-electron chi connectivity index (χ2n) is 16.8. The number of halogens is 1. The quantitative estimate of drug-likeness (QED) is 0.123. The number of rotatable bonds is 12. The summed E-state index contributed by atoms with van der Waals surface area (Å²) in [7, 11) is -4.73. The molecule has 2 aliphatic carbocycles. The van der Waals surface area contributed by atoms with E-state index >= 15 is 0 Å². The fourth-order valence-corrected chi connectivity index (χ4v) is 21.0. The van der Waals surface area contributed by atoms with Crippen LogP contribution in [0, 0.1) is 29.6 Å². The maximum absolute atomic E-state index is 7.80. The van der Waals surface area contributed by atoms with E-state index in [9.17, 15) is 0 Å². The van der Waals surface area contributed by atoms with Crippen LogP contribution in [0.5, 0.6) is 0 Å². The zero-order valence-corrected chi connectivity index (χ0v) is 35.2. The van der Waals surface area contributed by atoms with Crippen molar-refractivity contribution in [2.24, 2.45) is 29.6 Å². The first-order chi connectivity index (χ1) is 22.1. The van der Waals surface area contributed by atoms with E-state index in [0.29, 0.717) is 46.2 Å². The Labute approximate surface area is 299 Å². The van der Waals surface area contributed by atoms with Crippen LogP contribution in [-0.4, -0.2) is 34.7 Å². The Bertz CT molecular complexity index is 1280. The van der Waals surface area contributed by atoms with Gasteiger partial charge in [0.15, 0.2) is 0 Å². The van der Waals surface area contributed by atoms with Gasteiger partial charge in [-0.05, 0) is 76.5 Å². The summed E-state index contributed by atoms with van der Waals surface area (Å²) in [4.78, 5) is 0. The lowest BCUT2D eigenvalue weighted by molar-refractivity contribution is -0.0187. The van der Waals surface area contributed by atoms with E-state index in [1.165, 1.54) is 27.9 Å². The standard InChI is InChI=1S/C42H65BrO2Si2/c1-29(2)46(30(3)4,31(5)6)45-39-24-23-32(7)41-37(39)27-34(9)40(33(8)25-26-43)38(41)28-44-47(42(10,11)12,35-19-15-13-16-20-35)36-21-17-14-18-22-36/h13-22,25,27,29-32,37-41H,23-24,26,28H2,1-12H3/b33-25-/t32-,37-,38+,39-,40+,41+/m0/s1. The third kappa shape index (κ3) is 7.45. The third-order valence-electron chi connectivity index (χ3n) is 12.2. The molecule has 2 aromatic carbocycles. The molecular weight excluding hydrogens is 673 g/mol. The zero-order chi connectivity index (χ0) is 34.7. The Morgan fingerprint density at radius 2 is 1.38 bits per heavy atom. The average molecular weight is 738 g/mol. The summed E-state index contributed by atoms with van der Waals surface area (Å²) in [5, 5.41) is 3.56. The van der Waals surface area contributed by atoms with E-state index in [1.54, 1.807) is 0 Å². The second-order valence-corrected chi connectivity index (χ2v) is 27.2. The Morgan fingerprint density at radius 3 is 1.83 bits per heavy atom. The van der Waals surface area contributed by atoms with Gasteiger partial charge in [0, 0.05) is 23.8 Å². The van der Waals surface area contributed by atoms with E-state index in [2.05, 4.69) is 172 Å². The summed E-state index contributed by atoms with van der Waals surface area (Å²) in [6, 6.07) is 22.4. The van der Waals surface area contributed by atoms with Gasteiger partial charge in [-0.25, -0.2) is 0 Å². The second kappa shape index (κ2) is 15.8. The number of allylic oxidation sites excluding steroid dienone is 3. The van der Waals surface area contributed by atoms with E-state index in [4.69, 9.17) is 8.85 Å². The van der Waals surface area contributed by atoms with Crippen LogP contribution >= 0.6 is 15.9 Å². The lowest BCUT2D eigenvalue weighted by Gasteiger charge is -2.54. The van der Waals surface area contributed by atoms with Crippen LogP contribution < -0.4 is 10.4 Å². The molecule has 0 radical (unpaired) electrons. The molecule has 2 nitrogen and oxygen atoms in total. The van der Waals surface area contributed by atoms with Crippen LogP contribution in [-0.2, 0) is 8.85 Å². The van der Waals surface area contributed by atoms with E-state index in [1.807, 2.05) is 0 Å². The van der Waals surface area contributed by atoms with E-state index in [0.717, 1.165) is 18.4 Å². The van der Waals surface area contributed by atoms with Gasteiger partial charge in [-0.3, -0.25) is 0 Å². The molecule has 4 rings (SSSR count). The van der Waals surface area contributed by atoms with Gasteiger partial charge < -0.3 is 8.85 Å². The molecule has 1 saturated carbocycles. The van der Waals surface area contributed by atoms with Crippen LogP contribution in [0.25, 0.3) is 0 Å². The smallest absolute Gasteiger partial charge is 0.261 e. The van der Waals surface area contributed by atoms with Gasteiger partial charge >= 0.3 is 0 Å². The first-order valence-corrected chi connectivity index (χ1v) is 23.6. The lowest BCUT2D eigenvalue weighted by atomic mass is 9.57. The summed E-state index contributed by atoms with van der Waals surface area (Å²) in [6.07, 6.45) is 7.73. The highest BCUT2D eigenvalue weighted by Gasteiger charge is 2.55. The molecule has 260 valence electrons. The number of benzene rings is 2. The molecule has 0 aromatic heterocycles. The topological polar surface area (TPSA) is 18.5 Å². The molecule has 47 heavy (non-hydrogen) atoms. The van der Waals surface area contributed by atoms with Crippen molar-refractivity contribution in [1.29, 1.82) is 0 Å². The molecule has 0 unspecified atom stereocenters. The van der Waals surface area contributed by atoms with Crippen molar-refractivity contribution in [1.82, 2.24) is 0 Å². The Kier molecular flexibility index (Phi) is 12.9. The fourth-order valence-electron chi connectivity index (χ4n) is 10.3. The van der Waals surface area contributed by atoms with Crippen molar-refractivity contribution in [2.45, 2.75) is 124 Å². The lowest BCUT2D eigenvalue weighted by Crippen LogP contribution is -2.67. The molecule has 2 aromatic rings. The SMILES string of the molecule is CC1=C[C@@H]2[C@H]([C@H](CO[Si](c3ccccc3)(c3ccccc3)C(C)(C)C)[C@@H]1/C(C)=C\CBr)[C@@H](C)CC[C@@H]2O[Si](C(C)C)(C(C)C)C(C)C. The normalized spacial score (nSPS) is 26.1. The molecule has 2 aliphatic rings. The molecule has 0 saturated heterocycles. The van der Waals surface area contributed by atoms with Crippen molar-refractivity contribution in [2.75, 3.05) is 11.9 Å². The number of fused-ring (bicyclic) bond motifs is 1. The monoisotopic (exact) mass is 736 g/mol. The number of hydrogen-bond donors (Lipinski definition) is 0. The minimum absolute atomic E-state index is 0.0499. The van der Waals surface area contributed by atoms with Crippen LogP contribution in [0.1, 0.15) is 95.9 Å². The van der Waals surface area contributed by atoms with Crippen molar-refractivity contribution in [3.63, 3.8) is 0 Å². The summed E-state index contributed by atoms with van der Waals surface area (Å²) >= 11 is 3.74. The molecular formula is C42H65BrO2Si2. The minimum Gasteiger partial charge on any atom is -0.413 e. The van der Waals surface area contributed by atoms with E-state index < -0.39 is 16.6 Å². The zero-order valence-electron chi connectivity index (χ0n) is 31.6. The number of alkyl halides is 1. The van der Waals surface area contributed by atoms with Crippen molar-refractivity contribution in [3.8, 4) is 0 Å². The predicted molar refractivity (Wildman–Crippen MR) is 213 cm³/mol. The highest BCUT2D eigenvalue weighted by molar-refractivity contribution is 9.09. The molecule has 0 heterocycles. The van der Waals surface area contributed by atoms with Crippen molar-refractivity contribution >= 4 is 42.9 Å². The Morgan fingerprint density at radius 1 is 0.872 bits per heavy atom. The van der Waals surface area contributed by atoms with Crippen LogP contribution in [0.3, 0.4) is 0 Å². The highest BCUT2D eigenvalue weighted by Crippen LogP contribution is 2.54. The van der Waals surface area contributed by atoms with Gasteiger partial charge in [0.1, 0.15) is 0 Å². The molecule has 6 atom stereocenters. The molecule has 1 fully saturated rings. The summed E-state index contributed by atoms with van der Waals surface area (Å²) in [6.45, 7) is 29.9. The predicted octanol–water partition coefficient (Wildman–Crippen LogP) is 11.3. The van der Waals surface area contributed by atoms with Gasteiger partial charge in [-0.1, -0.05) is 169 Å². The molecule has 5 heteroatoms. The van der Waals surface area contributed by atoms with Gasteiger partial charge in [0.2, 0.25) is 8.32 Å². The highest BCUT2D eigenvalue weighted by atomic mass is 79.9. The first-order valence-electron chi connectivity index (χ1n) is 18.5. The fraction of sp³-hybridized carbons (Fsp3) is 0.619. The van der Waals surface area contributed by atoms with Gasteiger partial charge in [-0.2, -0.15) is 0 Å². The molecule has 0 amide bonds. The molecule has 0 bridgehead atoms. The van der Waals surface area contributed by atoms with Crippen molar-refractivity contribution in [3.05, 3.63) is 84.0 Å². The van der Waals surface area contributed by atoms with Crippen LogP contribution in [0.2, 0.25) is 21.7 Å². The molecule has 0 spiro atoms. The molecule has 0 aliphatic heterocycles. The van der Waals surface area contributed by atoms with E-state index in [-0.39, 0.29) is 11.1 Å². The van der Waals surface area contributed by atoms with Crippen molar-refractivity contribution < 1.29 is 8.85 Å². The van der Waals surface area contributed by atoms with Crippen LogP contribution in [0.4, 0.5) is 0 Å². The van der Waals surface area contributed by atoms with Gasteiger partial charge in [-0.15, -0.1) is 0 Å². The first kappa shape index (κ1) is 38.6. The maximum atomic E-state index is 7.80. The largest absolute Gasteiger partial charge is 0.413 e. The number of hydrogen-bond acceptors (Lipinski definition) is 2. The molecule has 0 N–H and O–H groups in total. The summed E-state index contributed by atoms with van der Waals surface area (Å²) < 4.78 is 15.5. The Balaban J connectivity index is 1.85. The summed E-state index contributed by atoms with van der Waals surface area (Å²) in [5.74, 6) is 2.30.